The van der Waals surface area contributed by atoms with Crippen molar-refractivity contribution in [3.05, 3.63) is 120 Å². The van der Waals surface area contributed by atoms with Gasteiger partial charge in [-0.05, 0) is 41.5 Å². The highest BCUT2D eigenvalue weighted by Gasteiger charge is 2.10. The molecule has 130 valence electrons. The van der Waals surface area contributed by atoms with Gasteiger partial charge in [-0.2, -0.15) is 0 Å². The fraction of sp³-hybridized carbons (Fsp3) is 0. The van der Waals surface area contributed by atoms with Crippen LogP contribution in [0.4, 0.5) is 0 Å². The molecule has 4 rings (SSSR count). The number of benzene rings is 4. The van der Waals surface area contributed by atoms with Crippen molar-refractivity contribution >= 4 is 5.78 Å². The van der Waals surface area contributed by atoms with Crippen LogP contribution in [0.25, 0.3) is 11.1 Å². The third kappa shape index (κ3) is 3.96. The van der Waals surface area contributed by atoms with Gasteiger partial charge in [0, 0.05) is 11.1 Å². The third-order valence-electron chi connectivity index (χ3n) is 4.31. The standard InChI is InChI=1S/C25H18O2/c26-25(19-9-3-1-4-10-19)22-13-7-11-20(17-22)21-12-8-16-24(18-21)27-23-14-5-2-6-15-23/h1-18H. The summed E-state index contributed by atoms with van der Waals surface area (Å²) in [7, 11) is 0. The summed E-state index contributed by atoms with van der Waals surface area (Å²) in [4.78, 5) is 12.7. The lowest BCUT2D eigenvalue weighted by Crippen LogP contribution is -2.00. The van der Waals surface area contributed by atoms with E-state index in [9.17, 15) is 4.79 Å². The lowest BCUT2D eigenvalue weighted by molar-refractivity contribution is 0.103. The zero-order valence-corrected chi connectivity index (χ0v) is 14.7. The maximum Gasteiger partial charge on any atom is 0.193 e. The molecule has 0 heterocycles. The molecule has 0 radical (unpaired) electrons. The van der Waals surface area contributed by atoms with Crippen molar-refractivity contribution in [3.63, 3.8) is 0 Å². The monoisotopic (exact) mass is 350 g/mol. The van der Waals surface area contributed by atoms with E-state index >= 15 is 0 Å². The van der Waals surface area contributed by atoms with Crippen molar-refractivity contribution in [2.45, 2.75) is 0 Å². The fourth-order valence-electron chi connectivity index (χ4n) is 2.96. The van der Waals surface area contributed by atoms with E-state index in [1.807, 2.05) is 109 Å². The van der Waals surface area contributed by atoms with Crippen molar-refractivity contribution in [2.75, 3.05) is 0 Å². The Bertz CT molecular complexity index is 1050. The number of ether oxygens (including phenoxy) is 1. The van der Waals surface area contributed by atoms with Crippen molar-refractivity contribution < 1.29 is 9.53 Å². The number of hydrogen-bond acceptors (Lipinski definition) is 2. The molecular weight excluding hydrogens is 332 g/mol. The topological polar surface area (TPSA) is 26.3 Å². The molecule has 4 aromatic carbocycles. The fourth-order valence-corrected chi connectivity index (χ4v) is 2.96. The molecule has 0 saturated carbocycles. The Hall–Kier alpha value is -3.65. The molecule has 0 N–H and O–H groups in total. The minimum absolute atomic E-state index is 0.0224. The highest BCUT2D eigenvalue weighted by Crippen LogP contribution is 2.28. The van der Waals surface area contributed by atoms with Crippen LogP contribution in [0.3, 0.4) is 0 Å². The summed E-state index contributed by atoms with van der Waals surface area (Å²) in [5.41, 5.74) is 3.35. The summed E-state index contributed by atoms with van der Waals surface area (Å²) in [5, 5.41) is 0. The van der Waals surface area contributed by atoms with Gasteiger partial charge in [-0.15, -0.1) is 0 Å². The van der Waals surface area contributed by atoms with Gasteiger partial charge < -0.3 is 4.74 Å². The Morgan fingerprint density at radius 3 is 1.81 bits per heavy atom. The minimum Gasteiger partial charge on any atom is -0.457 e. The van der Waals surface area contributed by atoms with Crippen LogP contribution < -0.4 is 4.74 Å². The maximum atomic E-state index is 12.7. The number of ketones is 1. The molecule has 0 aliphatic rings. The molecule has 0 bridgehead atoms. The number of para-hydroxylation sites is 1. The Labute approximate surface area is 158 Å². The van der Waals surface area contributed by atoms with Gasteiger partial charge in [0.2, 0.25) is 0 Å². The summed E-state index contributed by atoms with van der Waals surface area (Å²) >= 11 is 0. The first-order valence-electron chi connectivity index (χ1n) is 8.83. The zero-order chi connectivity index (χ0) is 18.5. The molecule has 27 heavy (non-hydrogen) atoms. The number of carbonyl (C=O) groups excluding carboxylic acids is 1. The maximum absolute atomic E-state index is 12.7. The van der Waals surface area contributed by atoms with Crippen LogP contribution in [0.15, 0.2) is 109 Å². The average molecular weight is 350 g/mol. The van der Waals surface area contributed by atoms with Gasteiger partial charge in [-0.3, -0.25) is 4.79 Å². The third-order valence-corrected chi connectivity index (χ3v) is 4.31. The molecule has 2 nitrogen and oxygen atoms in total. The van der Waals surface area contributed by atoms with Gasteiger partial charge in [0.1, 0.15) is 11.5 Å². The van der Waals surface area contributed by atoms with E-state index in [2.05, 4.69) is 0 Å². The number of hydrogen-bond donors (Lipinski definition) is 0. The van der Waals surface area contributed by atoms with Crippen LogP contribution in [-0.4, -0.2) is 5.78 Å². The van der Waals surface area contributed by atoms with Crippen molar-refractivity contribution in [1.29, 1.82) is 0 Å². The second-order valence-electron chi connectivity index (χ2n) is 6.22. The molecular formula is C25H18O2. The van der Waals surface area contributed by atoms with Crippen molar-refractivity contribution in [3.8, 4) is 22.6 Å². The smallest absolute Gasteiger partial charge is 0.193 e. The van der Waals surface area contributed by atoms with Gasteiger partial charge in [-0.25, -0.2) is 0 Å². The number of rotatable bonds is 5. The van der Waals surface area contributed by atoms with Gasteiger partial charge in [0.15, 0.2) is 5.78 Å². The Morgan fingerprint density at radius 2 is 1.07 bits per heavy atom. The lowest BCUT2D eigenvalue weighted by Gasteiger charge is -2.09. The zero-order valence-electron chi connectivity index (χ0n) is 14.7. The summed E-state index contributed by atoms with van der Waals surface area (Å²) < 4.78 is 5.92. The minimum atomic E-state index is 0.0224. The SMILES string of the molecule is O=C(c1ccccc1)c1cccc(-c2cccc(Oc3ccccc3)c2)c1. The molecule has 2 heteroatoms. The first-order valence-corrected chi connectivity index (χ1v) is 8.83. The van der Waals surface area contributed by atoms with E-state index in [1.165, 1.54) is 0 Å². The molecule has 0 atom stereocenters. The van der Waals surface area contributed by atoms with E-state index in [4.69, 9.17) is 4.74 Å². The van der Waals surface area contributed by atoms with E-state index in [1.54, 1.807) is 0 Å². The van der Waals surface area contributed by atoms with Crippen molar-refractivity contribution in [1.82, 2.24) is 0 Å². The second-order valence-corrected chi connectivity index (χ2v) is 6.22. The molecule has 0 aliphatic carbocycles. The normalized spacial score (nSPS) is 10.4. The highest BCUT2D eigenvalue weighted by atomic mass is 16.5. The molecule has 0 fully saturated rings. The predicted octanol–water partition coefficient (Wildman–Crippen LogP) is 6.38. The molecule has 0 aliphatic heterocycles. The van der Waals surface area contributed by atoms with E-state index in [-0.39, 0.29) is 5.78 Å². The molecule has 0 amide bonds. The van der Waals surface area contributed by atoms with Crippen LogP contribution in [0.2, 0.25) is 0 Å². The van der Waals surface area contributed by atoms with E-state index < -0.39 is 0 Å². The number of carbonyl (C=O) groups is 1. The quantitative estimate of drug-likeness (QED) is 0.391. The lowest BCUT2D eigenvalue weighted by atomic mass is 9.98. The van der Waals surface area contributed by atoms with Crippen LogP contribution in [-0.2, 0) is 0 Å². The van der Waals surface area contributed by atoms with Crippen LogP contribution >= 0.6 is 0 Å². The highest BCUT2D eigenvalue weighted by molar-refractivity contribution is 6.09. The Kier molecular flexibility index (Phi) is 4.80. The van der Waals surface area contributed by atoms with E-state index in [0.717, 1.165) is 22.6 Å². The summed E-state index contributed by atoms with van der Waals surface area (Å²) in [6.45, 7) is 0. The van der Waals surface area contributed by atoms with Crippen LogP contribution in [0, 0.1) is 0 Å². The molecule has 4 aromatic rings. The average Bonchev–Trinajstić information content (AvgIpc) is 2.75. The van der Waals surface area contributed by atoms with Crippen LogP contribution in [0.5, 0.6) is 11.5 Å². The predicted molar refractivity (Wildman–Crippen MR) is 108 cm³/mol. The van der Waals surface area contributed by atoms with Gasteiger partial charge >= 0.3 is 0 Å². The van der Waals surface area contributed by atoms with E-state index in [0.29, 0.717) is 11.1 Å². The van der Waals surface area contributed by atoms with Crippen LogP contribution in [0.1, 0.15) is 15.9 Å². The molecule has 0 spiro atoms. The van der Waals surface area contributed by atoms with Gasteiger partial charge in [-0.1, -0.05) is 78.9 Å². The Morgan fingerprint density at radius 1 is 0.519 bits per heavy atom. The molecule has 0 saturated heterocycles. The first kappa shape index (κ1) is 16.8. The Balaban J connectivity index is 1.62. The van der Waals surface area contributed by atoms with Gasteiger partial charge in [0.25, 0.3) is 0 Å². The summed E-state index contributed by atoms with van der Waals surface area (Å²) in [6, 6.07) is 34.6. The summed E-state index contributed by atoms with van der Waals surface area (Å²) in [5.74, 6) is 1.58. The van der Waals surface area contributed by atoms with Crippen molar-refractivity contribution in [2.24, 2.45) is 0 Å². The second kappa shape index (κ2) is 7.71. The van der Waals surface area contributed by atoms with Gasteiger partial charge in [0.05, 0.1) is 0 Å². The largest absolute Gasteiger partial charge is 0.457 e. The molecule has 0 unspecified atom stereocenters. The summed E-state index contributed by atoms with van der Waals surface area (Å²) in [6.07, 6.45) is 0. The first-order chi connectivity index (χ1) is 13.3. The molecule has 0 aromatic heterocycles.